The van der Waals surface area contributed by atoms with Crippen molar-refractivity contribution in [3.8, 4) is 12.3 Å². The van der Waals surface area contributed by atoms with Gasteiger partial charge in [0.15, 0.2) is 11.4 Å². The molecule has 33 heavy (non-hydrogen) atoms. The van der Waals surface area contributed by atoms with Crippen LogP contribution in [0.5, 0.6) is 0 Å². The Hall–Kier alpha value is -2.18. The van der Waals surface area contributed by atoms with E-state index in [1.807, 2.05) is 12.1 Å². The zero-order valence-corrected chi connectivity index (χ0v) is 20.2. The highest BCUT2D eigenvalue weighted by molar-refractivity contribution is 5.66. The molecular formula is C25H38N4O4. The summed E-state index contributed by atoms with van der Waals surface area (Å²) in [4.78, 5) is 4.09. The summed E-state index contributed by atoms with van der Waals surface area (Å²) in [5.74, 6) is 3.29. The molecule has 0 amide bonds. The first-order valence-electron chi connectivity index (χ1n) is 12.2. The second-order valence-corrected chi connectivity index (χ2v) is 8.46. The first kappa shape index (κ1) is 25.4. The van der Waals surface area contributed by atoms with Crippen LogP contribution >= 0.6 is 0 Å². The van der Waals surface area contributed by atoms with Gasteiger partial charge in [0.1, 0.15) is 30.2 Å². The maximum Gasteiger partial charge on any atom is 0.199 e. The van der Waals surface area contributed by atoms with Crippen LogP contribution in [0.25, 0.3) is 5.52 Å². The first-order chi connectivity index (χ1) is 16.1. The minimum Gasteiger partial charge on any atom is -0.382 e. The molecule has 0 bridgehead atoms. The predicted molar refractivity (Wildman–Crippen MR) is 128 cm³/mol. The van der Waals surface area contributed by atoms with Crippen molar-refractivity contribution >= 4 is 11.3 Å². The number of fused-ring (bicyclic) bond motifs is 1. The summed E-state index contributed by atoms with van der Waals surface area (Å²) in [5, 5.41) is 4.40. The molecule has 8 nitrogen and oxygen atoms in total. The van der Waals surface area contributed by atoms with Crippen molar-refractivity contribution in [2.24, 2.45) is 0 Å². The average molecular weight is 459 g/mol. The van der Waals surface area contributed by atoms with Gasteiger partial charge in [-0.1, -0.05) is 46.0 Å². The summed E-state index contributed by atoms with van der Waals surface area (Å²) >= 11 is 0. The molecule has 0 radical (unpaired) electrons. The van der Waals surface area contributed by atoms with E-state index < -0.39 is 11.7 Å². The maximum absolute atomic E-state index is 6.62. The summed E-state index contributed by atoms with van der Waals surface area (Å²) in [5.41, 5.74) is 6.22. The van der Waals surface area contributed by atoms with E-state index in [0.717, 1.165) is 38.5 Å². The third kappa shape index (κ3) is 5.49. The number of nitrogen functional groups attached to an aromatic ring is 1. The molecule has 1 aliphatic rings. The van der Waals surface area contributed by atoms with Crippen LogP contribution in [0.4, 0.5) is 5.82 Å². The molecule has 1 fully saturated rings. The van der Waals surface area contributed by atoms with Crippen LogP contribution in [0.2, 0.25) is 0 Å². The van der Waals surface area contributed by atoms with Gasteiger partial charge in [-0.05, 0) is 31.4 Å². The van der Waals surface area contributed by atoms with Gasteiger partial charge in [0.2, 0.25) is 0 Å². The lowest BCUT2D eigenvalue weighted by Gasteiger charge is -2.30. The lowest BCUT2D eigenvalue weighted by molar-refractivity contribution is -0.0889. The quantitative estimate of drug-likeness (QED) is 0.341. The highest BCUT2D eigenvalue weighted by atomic mass is 16.6. The van der Waals surface area contributed by atoms with E-state index in [2.05, 4.69) is 36.8 Å². The van der Waals surface area contributed by atoms with Gasteiger partial charge in [0, 0.05) is 19.8 Å². The number of nitrogens with two attached hydrogens (primary N) is 1. The Morgan fingerprint density at radius 3 is 2.48 bits per heavy atom. The fraction of sp³-hybridized carbons (Fsp3) is 0.680. The first-order valence-corrected chi connectivity index (χ1v) is 12.2. The molecule has 3 rings (SSSR count). The molecule has 182 valence electrons. The molecule has 3 heterocycles. The van der Waals surface area contributed by atoms with Crippen LogP contribution in [-0.4, -0.2) is 59.3 Å². The number of aromatic nitrogens is 3. The molecule has 4 atom stereocenters. The zero-order chi connectivity index (χ0) is 23.7. The molecule has 8 heteroatoms. The number of anilines is 1. The highest BCUT2D eigenvalue weighted by Gasteiger charge is 2.58. The van der Waals surface area contributed by atoms with Crippen molar-refractivity contribution in [2.75, 3.05) is 32.2 Å². The lowest BCUT2D eigenvalue weighted by atomic mass is 9.91. The van der Waals surface area contributed by atoms with Gasteiger partial charge < -0.3 is 24.7 Å². The largest absolute Gasteiger partial charge is 0.382 e. The van der Waals surface area contributed by atoms with Crippen molar-refractivity contribution in [2.45, 2.75) is 83.2 Å². The van der Waals surface area contributed by atoms with Gasteiger partial charge in [-0.2, -0.15) is 5.10 Å². The van der Waals surface area contributed by atoms with Gasteiger partial charge in [0.05, 0.1) is 12.3 Å². The summed E-state index contributed by atoms with van der Waals surface area (Å²) < 4.78 is 27.0. The van der Waals surface area contributed by atoms with Crippen LogP contribution in [-0.2, 0) is 24.5 Å². The van der Waals surface area contributed by atoms with Crippen LogP contribution in [0.1, 0.15) is 65.0 Å². The van der Waals surface area contributed by atoms with Gasteiger partial charge >= 0.3 is 0 Å². The van der Waals surface area contributed by atoms with Gasteiger partial charge in [-0.3, -0.25) is 0 Å². The van der Waals surface area contributed by atoms with Gasteiger partial charge in [-0.25, -0.2) is 9.50 Å². The Labute approximate surface area is 197 Å². The van der Waals surface area contributed by atoms with Crippen LogP contribution in [0.3, 0.4) is 0 Å². The van der Waals surface area contributed by atoms with Crippen LogP contribution in [0.15, 0.2) is 18.5 Å². The second-order valence-electron chi connectivity index (χ2n) is 8.46. The molecule has 2 N–H and O–H groups in total. The molecule has 2 aromatic heterocycles. The van der Waals surface area contributed by atoms with Crippen LogP contribution in [0, 0.1) is 12.3 Å². The van der Waals surface area contributed by atoms with Crippen molar-refractivity contribution < 1.29 is 18.9 Å². The molecule has 0 aliphatic carbocycles. The summed E-state index contributed by atoms with van der Waals surface area (Å²) in [7, 11) is 0. The number of terminal acetylenes is 1. The molecule has 0 spiro atoms. The topological polar surface area (TPSA) is 93.1 Å². The maximum atomic E-state index is 6.62. The Bertz CT molecular complexity index is 911. The summed E-state index contributed by atoms with van der Waals surface area (Å²) in [6.07, 6.45) is 12.3. The fourth-order valence-electron chi connectivity index (χ4n) is 4.13. The van der Waals surface area contributed by atoms with E-state index >= 15 is 0 Å². The predicted octanol–water partition coefficient (Wildman–Crippen LogP) is 3.73. The van der Waals surface area contributed by atoms with E-state index in [9.17, 15) is 0 Å². The van der Waals surface area contributed by atoms with Crippen molar-refractivity contribution in [1.82, 2.24) is 14.6 Å². The number of hydrogen-bond donors (Lipinski definition) is 1. The number of unbranched alkanes of at least 4 members (excludes halogenated alkanes) is 3. The standard InChI is InChI=1S/C25H38N4O4/c1-5-9-14-30-17-20-22(31-15-10-6-2)23(32-16-11-7-3)25(8-4,33-20)21-13-12-19-24(26)27-18-28-29(19)21/h4,12-13,18,20,22-23H,5-7,9-11,14-17H2,1-3H3,(H2,26,27,28)/t20-,22-,23-,25+/m1/s1. The number of hydrogen-bond acceptors (Lipinski definition) is 7. The molecule has 0 saturated carbocycles. The average Bonchev–Trinajstić information content (AvgIpc) is 3.38. The molecule has 0 unspecified atom stereocenters. The Morgan fingerprint density at radius 1 is 1.09 bits per heavy atom. The Morgan fingerprint density at radius 2 is 1.79 bits per heavy atom. The van der Waals surface area contributed by atoms with E-state index in [4.69, 9.17) is 31.1 Å². The Kier molecular flexibility index (Phi) is 9.51. The van der Waals surface area contributed by atoms with E-state index in [-0.39, 0.29) is 12.2 Å². The third-order valence-corrected chi connectivity index (χ3v) is 6.01. The van der Waals surface area contributed by atoms with Gasteiger partial charge in [0.25, 0.3) is 0 Å². The molecule has 1 saturated heterocycles. The van der Waals surface area contributed by atoms with E-state index in [1.54, 1.807) is 4.52 Å². The lowest BCUT2D eigenvalue weighted by Crippen LogP contribution is -2.44. The second kappa shape index (κ2) is 12.3. The van der Waals surface area contributed by atoms with Crippen molar-refractivity contribution in [1.29, 1.82) is 0 Å². The number of rotatable bonds is 14. The normalized spacial score (nSPS) is 25.0. The summed E-state index contributed by atoms with van der Waals surface area (Å²) in [6.45, 7) is 8.62. The molecule has 0 aromatic carbocycles. The fourth-order valence-corrected chi connectivity index (χ4v) is 4.13. The van der Waals surface area contributed by atoms with E-state index in [0.29, 0.717) is 43.5 Å². The molecule has 2 aromatic rings. The van der Waals surface area contributed by atoms with Crippen molar-refractivity contribution in [3.05, 3.63) is 24.2 Å². The molecule has 1 aliphatic heterocycles. The zero-order valence-electron chi connectivity index (χ0n) is 20.2. The minimum atomic E-state index is -1.20. The Balaban J connectivity index is 2.00. The smallest absolute Gasteiger partial charge is 0.199 e. The SMILES string of the molecule is C#C[C@@]1(c2ccc3c(N)ncnn23)O[C@H](COCCCC)[C@@H](OCCCC)[C@H]1OCCCC. The van der Waals surface area contributed by atoms with Crippen LogP contribution < -0.4 is 5.73 Å². The number of ether oxygens (including phenoxy) is 4. The summed E-state index contributed by atoms with van der Waals surface area (Å²) in [6, 6.07) is 3.74. The van der Waals surface area contributed by atoms with Crippen molar-refractivity contribution in [3.63, 3.8) is 0 Å². The van der Waals surface area contributed by atoms with E-state index in [1.165, 1.54) is 6.33 Å². The molecular weight excluding hydrogens is 420 g/mol. The monoisotopic (exact) mass is 458 g/mol. The van der Waals surface area contributed by atoms with Gasteiger partial charge in [-0.15, -0.1) is 6.42 Å². The highest BCUT2D eigenvalue weighted by Crippen LogP contribution is 2.43. The number of nitrogens with zero attached hydrogens (tertiary/aromatic N) is 3. The minimum absolute atomic E-state index is 0.365. The third-order valence-electron chi connectivity index (χ3n) is 6.01.